The smallest absolute Gasteiger partial charge is 0.306 e. The van der Waals surface area contributed by atoms with Crippen LogP contribution in [0.1, 0.15) is 233 Å². The molecule has 0 aliphatic carbocycles. The third-order valence-electron chi connectivity index (χ3n) is 9.54. The number of hydrogen-bond acceptors (Lipinski definition) is 6. The Balaban J connectivity index is 4.17. The maximum absolute atomic E-state index is 12.5. The van der Waals surface area contributed by atoms with Crippen LogP contribution < -0.4 is 0 Å². The standard InChI is InChI=1S/C43H82O6/c1-5-7-9-11-12-13-14-15-16-17-20-23-27-30-34-41(44)47-37-40(49-43(46)36-32-25-10-8-6-2)38-48-42(45)35-31-28-24-21-18-19-22-26-29-33-39(3)4/h39-40H,5-38H2,1-4H3/t40-/m0/s1. The lowest BCUT2D eigenvalue weighted by Crippen LogP contribution is -2.30. The zero-order valence-corrected chi connectivity index (χ0v) is 33.1. The molecule has 0 spiro atoms. The zero-order chi connectivity index (χ0) is 36.0. The maximum atomic E-state index is 12.5. The summed E-state index contributed by atoms with van der Waals surface area (Å²) in [6, 6.07) is 0. The third-order valence-corrected chi connectivity index (χ3v) is 9.54. The second kappa shape index (κ2) is 37.7. The van der Waals surface area contributed by atoms with Gasteiger partial charge >= 0.3 is 17.9 Å². The lowest BCUT2D eigenvalue weighted by atomic mass is 10.0. The number of rotatable bonds is 38. The summed E-state index contributed by atoms with van der Waals surface area (Å²) in [5.74, 6) is -0.0646. The van der Waals surface area contributed by atoms with E-state index in [-0.39, 0.29) is 31.1 Å². The van der Waals surface area contributed by atoms with E-state index in [0.29, 0.717) is 19.3 Å². The molecule has 0 aliphatic heterocycles. The molecule has 0 saturated carbocycles. The molecule has 0 N–H and O–H groups in total. The second-order valence-electron chi connectivity index (χ2n) is 15.1. The Hall–Kier alpha value is -1.59. The summed E-state index contributed by atoms with van der Waals surface area (Å²) < 4.78 is 16.6. The summed E-state index contributed by atoms with van der Waals surface area (Å²) in [7, 11) is 0. The van der Waals surface area contributed by atoms with Crippen LogP contribution in [0.5, 0.6) is 0 Å². The van der Waals surface area contributed by atoms with Crippen molar-refractivity contribution in [3.8, 4) is 0 Å². The quantitative estimate of drug-likeness (QED) is 0.0364. The van der Waals surface area contributed by atoms with Crippen molar-refractivity contribution in [3.63, 3.8) is 0 Å². The highest BCUT2D eigenvalue weighted by molar-refractivity contribution is 5.71. The van der Waals surface area contributed by atoms with E-state index in [1.54, 1.807) is 0 Å². The normalized spacial score (nSPS) is 11.9. The largest absolute Gasteiger partial charge is 0.462 e. The van der Waals surface area contributed by atoms with Gasteiger partial charge in [-0.25, -0.2) is 0 Å². The van der Waals surface area contributed by atoms with Gasteiger partial charge in [-0.15, -0.1) is 0 Å². The topological polar surface area (TPSA) is 78.9 Å². The van der Waals surface area contributed by atoms with Gasteiger partial charge < -0.3 is 14.2 Å². The molecule has 0 radical (unpaired) electrons. The Bertz CT molecular complexity index is 736. The maximum Gasteiger partial charge on any atom is 0.306 e. The number of unbranched alkanes of at least 4 members (excludes halogenated alkanes) is 25. The average Bonchev–Trinajstić information content (AvgIpc) is 3.08. The van der Waals surface area contributed by atoms with Gasteiger partial charge in [-0.05, 0) is 25.2 Å². The molecule has 0 aromatic rings. The molecule has 0 heterocycles. The van der Waals surface area contributed by atoms with Gasteiger partial charge in [-0.1, -0.05) is 195 Å². The molecular weight excluding hydrogens is 612 g/mol. The molecule has 0 saturated heterocycles. The number of carbonyl (C=O) groups excluding carboxylic acids is 3. The second-order valence-corrected chi connectivity index (χ2v) is 15.1. The first-order valence-corrected chi connectivity index (χ1v) is 21.4. The molecule has 49 heavy (non-hydrogen) atoms. The number of carbonyl (C=O) groups is 3. The third kappa shape index (κ3) is 37.5. The van der Waals surface area contributed by atoms with Crippen molar-refractivity contribution in [2.75, 3.05) is 13.2 Å². The lowest BCUT2D eigenvalue weighted by Gasteiger charge is -2.18. The van der Waals surface area contributed by atoms with Gasteiger partial charge in [0.2, 0.25) is 0 Å². The van der Waals surface area contributed by atoms with Gasteiger partial charge in [-0.3, -0.25) is 14.4 Å². The molecule has 0 bridgehead atoms. The SMILES string of the molecule is CCCCCCCCCCCCCCCCC(=O)OC[C@@H](COC(=O)CCCCCCCCCCCC(C)C)OC(=O)CCCCCCC. The molecule has 6 nitrogen and oxygen atoms in total. The van der Waals surface area contributed by atoms with E-state index in [1.165, 1.54) is 122 Å². The van der Waals surface area contributed by atoms with Gasteiger partial charge in [0.05, 0.1) is 0 Å². The highest BCUT2D eigenvalue weighted by Gasteiger charge is 2.19. The first kappa shape index (κ1) is 47.4. The van der Waals surface area contributed by atoms with Crippen molar-refractivity contribution in [2.24, 2.45) is 5.92 Å². The summed E-state index contributed by atoms with van der Waals surface area (Å²) in [5.41, 5.74) is 0. The summed E-state index contributed by atoms with van der Waals surface area (Å²) in [6.45, 7) is 8.88. The molecular formula is C43H82O6. The number of esters is 3. The van der Waals surface area contributed by atoms with Crippen molar-refractivity contribution >= 4 is 17.9 Å². The first-order chi connectivity index (χ1) is 23.9. The van der Waals surface area contributed by atoms with Gasteiger partial charge in [-0.2, -0.15) is 0 Å². The van der Waals surface area contributed by atoms with Crippen LogP contribution in [0.3, 0.4) is 0 Å². The fraction of sp³-hybridized carbons (Fsp3) is 0.930. The Morgan fingerprint density at radius 3 is 1.00 bits per heavy atom. The molecule has 0 aromatic heterocycles. The van der Waals surface area contributed by atoms with E-state index in [4.69, 9.17) is 14.2 Å². The minimum Gasteiger partial charge on any atom is -0.462 e. The van der Waals surface area contributed by atoms with Gasteiger partial charge in [0.25, 0.3) is 0 Å². The summed E-state index contributed by atoms with van der Waals surface area (Å²) in [6.07, 6.45) is 35.5. The van der Waals surface area contributed by atoms with E-state index in [2.05, 4.69) is 27.7 Å². The van der Waals surface area contributed by atoms with E-state index in [9.17, 15) is 14.4 Å². The molecule has 290 valence electrons. The zero-order valence-electron chi connectivity index (χ0n) is 33.1. The monoisotopic (exact) mass is 695 g/mol. The van der Waals surface area contributed by atoms with Crippen molar-refractivity contribution in [3.05, 3.63) is 0 Å². The van der Waals surface area contributed by atoms with Crippen LogP contribution in [0.4, 0.5) is 0 Å². The molecule has 0 aromatic carbocycles. The molecule has 0 unspecified atom stereocenters. The summed E-state index contributed by atoms with van der Waals surface area (Å²) in [5, 5.41) is 0. The van der Waals surface area contributed by atoms with Crippen LogP contribution in [0, 0.1) is 5.92 Å². The fourth-order valence-corrected chi connectivity index (χ4v) is 6.27. The van der Waals surface area contributed by atoms with E-state index in [0.717, 1.165) is 70.1 Å². The van der Waals surface area contributed by atoms with Crippen LogP contribution in [0.2, 0.25) is 0 Å². The average molecular weight is 695 g/mol. The molecule has 0 amide bonds. The molecule has 0 fully saturated rings. The van der Waals surface area contributed by atoms with Crippen LogP contribution in [-0.4, -0.2) is 37.2 Å². The minimum atomic E-state index is -0.757. The van der Waals surface area contributed by atoms with Crippen molar-refractivity contribution in [2.45, 2.75) is 239 Å². The van der Waals surface area contributed by atoms with Crippen molar-refractivity contribution < 1.29 is 28.6 Å². The highest BCUT2D eigenvalue weighted by atomic mass is 16.6. The Morgan fingerprint density at radius 1 is 0.388 bits per heavy atom. The Morgan fingerprint density at radius 2 is 0.673 bits per heavy atom. The molecule has 1 atom stereocenters. The van der Waals surface area contributed by atoms with Gasteiger partial charge in [0.1, 0.15) is 13.2 Å². The fourth-order valence-electron chi connectivity index (χ4n) is 6.27. The van der Waals surface area contributed by atoms with Crippen LogP contribution in [-0.2, 0) is 28.6 Å². The molecule has 0 aliphatic rings. The Labute approximate surface area is 304 Å². The summed E-state index contributed by atoms with van der Waals surface area (Å²) >= 11 is 0. The van der Waals surface area contributed by atoms with E-state index >= 15 is 0 Å². The summed E-state index contributed by atoms with van der Waals surface area (Å²) in [4.78, 5) is 37.3. The van der Waals surface area contributed by atoms with E-state index in [1.807, 2.05) is 0 Å². The Kier molecular flexibility index (Phi) is 36.4. The first-order valence-electron chi connectivity index (χ1n) is 21.4. The predicted octanol–water partition coefficient (Wildman–Crippen LogP) is 13.2. The minimum absolute atomic E-state index is 0.0657. The van der Waals surface area contributed by atoms with Crippen LogP contribution in [0.15, 0.2) is 0 Å². The van der Waals surface area contributed by atoms with Gasteiger partial charge in [0, 0.05) is 19.3 Å². The van der Waals surface area contributed by atoms with Crippen molar-refractivity contribution in [1.82, 2.24) is 0 Å². The van der Waals surface area contributed by atoms with E-state index < -0.39 is 6.10 Å². The number of ether oxygens (including phenoxy) is 3. The predicted molar refractivity (Wildman–Crippen MR) is 206 cm³/mol. The van der Waals surface area contributed by atoms with Crippen LogP contribution in [0.25, 0.3) is 0 Å². The molecule has 6 heteroatoms. The number of hydrogen-bond donors (Lipinski definition) is 0. The van der Waals surface area contributed by atoms with Gasteiger partial charge in [0.15, 0.2) is 6.10 Å². The lowest BCUT2D eigenvalue weighted by molar-refractivity contribution is -0.167. The highest BCUT2D eigenvalue weighted by Crippen LogP contribution is 2.16. The van der Waals surface area contributed by atoms with Crippen molar-refractivity contribution in [1.29, 1.82) is 0 Å². The van der Waals surface area contributed by atoms with Crippen LogP contribution >= 0.6 is 0 Å². The molecule has 0 rings (SSSR count).